The van der Waals surface area contributed by atoms with Crippen molar-refractivity contribution in [3.63, 3.8) is 0 Å². The predicted molar refractivity (Wildman–Crippen MR) is 77.3 cm³/mol. The van der Waals surface area contributed by atoms with E-state index < -0.39 is 0 Å². The standard InChI is InChI=1S/C12H14ClN3O2S/c13-8-1-3-9(4-2-8)16-11(17)5-14-12(18)10-6-19-7-15-10/h1-4,10,15H,5-7H2,(H,14,18)(H,16,17). The van der Waals surface area contributed by atoms with E-state index >= 15 is 0 Å². The van der Waals surface area contributed by atoms with Crippen molar-refractivity contribution in [1.29, 1.82) is 0 Å². The number of rotatable bonds is 4. The van der Waals surface area contributed by atoms with Crippen LogP contribution in [0.1, 0.15) is 0 Å². The van der Waals surface area contributed by atoms with Gasteiger partial charge in [-0.3, -0.25) is 14.9 Å². The van der Waals surface area contributed by atoms with Crippen LogP contribution in [0.15, 0.2) is 24.3 Å². The zero-order valence-electron chi connectivity index (χ0n) is 10.1. The molecule has 2 amide bonds. The molecule has 0 bridgehead atoms. The van der Waals surface area contributed by atoms with Crippen molar-refractivity contribution in [1.82, 2.24) is 10.6 Å². The molecule has 0 aromatic heterocycles. The third kappa shape index (κ3) is 4.41. The third-order valence-corrected chi connectivity index (χ3v) is 3.78. The van der Waals surface area contributed by atoms with Crippen molar-refractivity contribution in [2.75, 3.05) is 23.5 Å². The fourth-order valence-electron chi connectivity index (χ4n) is 1.59. The molecule has 1 aliphatic rings. The van der Waals surface area contributed by atoms with Crippen LogP contribution in [0.4, 0.5) is 5.69 Å². The fourth-order valence-corrected chi connectivity index (χ4v) is 2.66. The smallest absolute Gasteiger partial charge is 0.243 e. The van der Waals surface area contributed by atoms with E-state index in [1.807, 2.05) is 0 Å². The summed E-state index contributed by atoms with van der Waals surface area (Å²) < 4.78 is 0. The second-order valence-electron chi connectivity index (χ2n) is 4.04. The molecule has 1 heterocycles. The maximum absolute atomic E-state index is 11.7. The Labute approximate surface area is 120 Å². The van der Waals surface area contributed by atoms with Gasteiger partial charge in [-0.05, 0) is 24.3 Å². The number of halogens is 1. The van der Waals surface area contributed by atoms with Crippen LogP contribution in [0.2, 0.25) is 5.02 Å². The zero-order valence-corrected chi connectivity index (χ0v) is 11.7. The highest BCUT2D eigenvalue weighted by Gasteiger charge is 2.22. The quantitative estimate of drug-likeness (QED) is 0.777. The van der Waals surface area contributed by atoms with Crippen molar-refractivity contribution in [2.45, 2.75) is 6.04 Å². The molecule has 1 aromatic rings. The molecule has 19 heavy (non-hydrogen) atoms. The lowest BCUT2D eigenvalue weighted by Crippen LogP contribution is -2.44. The Balaban J connectivity index is 1.75. The summed E-state index contributed by atoms with van der Waals surface area (Å²) in [4.78, 5) is 23.3. The van der Waals surface area contributed by atoms with Crippen LogP contribution >= 0.6 is 23.4 Å². The van der Waals surface area contributed by atoms with Crippen LogP contribution in [-0.4, -0.2) is 36.0 Å². The maximum atomic E-state index is 11.7. The summed E-state index contributed by atoms with van der Waals surface area (Å²) in [5.41, 5.74) is 0.651. The summed E-state index contributed by atoms with van der Waals surface area (Å²) in [5, 5.41) is 8.93. The largest absolute Gasteiger partial charge is 0.346 e. The molecule has 3 N–H and O–H groups in total. The van der Waals surface area contributed by atoms with E-state index in [9.17, 15) is 9.59 Å². The Kier molecular flexibility index (Phi) is 5.07. The first kappa shape index (κ1) is 14.2. The highest BCUT2D eigenvalue weighted by Crippen LogP contribution is 2.13. The number of hydrogen-bond donors (Lipinski definition) is 3. The molecule has 2 rings (SSSR count). The molecule has 0 radical (unpaired) electrons. The first-order chi connectivity index (χ1) is 9.15. The van der Waals surface area contributed by atoms with Gasteiger partial charge in [-0.15, -0.1) is 11.8 Å². The van der Waals surface area contributed by atoms with Gasteiger partial charge in [0.15, 0.2) is 0 Å². The van der Waals surface area contributed by atoms with E-state index in [1.54, 1.807) is 36.0 Å². The lowest BCUT2D eigenvalue weighted by Gasteiger charge is -2.10. The van der Waals surface area contributed by atoms with Gasteiger partial charge < -0.3 is 10.6 Å². The Morgan fingerprint density at radius 2 is 2.11 bits per heavy atom. The lowest BCUT2D eigenvalue weighted by atomic mass is 10.3. The second-order valence-corrected chi connectivity index (χ2v) is 5.51. The molecule has 1 aromatic carbocycles. The van der Waals surface area contributed by atoms with Crippen LogP contribution in [0.5, 0.6) is 0 Å². The molecule has 1 unspecified atom stereocenters. The molecule has 102 valence electrons. The number of anilines is 1. The first-order valence-electron chi connectivity index (χ1n) is 5.79. The number of benzene rings is 1. The van der Waals surface area contributed by atoms with Gasteiger partial charge in [0.2, 0.25) is 11.8 Å². The van der Waals surface area contributed by atoms with Gasteiger partial charge in [0.25, 0.3) is 0 Å². The average molecular weight is 300 g/mol. The molecule has 5 nitrogen and oxygen atoms in total. The minimum Gasteiger partial charge on any atom is -0.346 e. The number of hydrogen-bond acceptors (Lipinski definition) is 4. The summed E-state index contributed by atoms with van der Waals surface area (Å²) in [5.74, 6) is 1.11. The van der Waals surface area contributed by atoms with Gasteiger partial charge in [0.1, 0.15) is 0 Å². The average Bonchev–Trinajstić information content (AvgIpc) is 2.93. The summed E-state index contributed by atoms with van der Waals surface area (Å²) >= 11 is 7.41. The topological polar surface area (TPSA) is 70.2 Å². The highest BCUT2D eigenvalue weighted by molar-refractivity contribution is 7.99. The van der Waals surface area contributed by atoms with Crippen LogP contribution < -0.4 is 16.0 Å². The molecule has 1 aliphatic heterocycles. The summed E-state index contributed by atoms with van der Waals surface area (Å²) in [7, 11) is 0. The van der Waals surface area contributed by atoms with E-state index in [2.05, 4.69) is 16.0 Å². The van der Waals surface area contributed by atoms with Crippen LogP contribution in [-0.2, 0) is 9.59 Å². The zero-order chi connectivity index (χ0) is 13.7. The molecule has 7 heteroatoms. The molecule has 0 spiro atoms. The van der Waals surface area contributed by atoms with Crippen molar-refractivity contribution >= 4 is 40.9 Å². The predicted octanol–water partition coefficient (Wildman–Crippen LogP) is 1.06. The van der Waals surface area contributed by atoms with Crippen molar-refractivity contribution in [2.24, 2.45) is 0 Å². The molecule has 0 saturated carbocycles. The Morgan fingerprint density at radius 1 is 1.37 bits per heavy atom. The van der Waals surface area contributed by atoms with Crippen molar-refractivity contribution in [3.05, 3.63) is 29.3 Å². The van der Waals surface area contributed by atoms with Crippen molar-refractivity contribution in [3.8, 4) is 0 Å². The fraction of sp³-hybridized carbons (Fsp3) is 0.333. The summed E-state index contributed by atoms with van der Waals surface area (Å²) in [6.07, 6.45) is 0. The SMILES string of the molecule is O=C(CNC(=O)C1CSCN1)Nc1ccc(Cl)cc1. The van der Waals surface area contributed by atoms with Gasteiger partial charge >= 0.3 is 0 Å². The van der Waals surface area contributed by atoms with Crippen molar-refractivity contribution < 1.29 is 9.59 Å². The second kappa shape index (κ2) is 6.79. The number of carbonyl (C=O) groups excluding carboxylic acids is 2. The molecule has 1 fully saturated rings. The van der Waals surface area contributed by atoms with Crippen LogP contribution in [0.25, 0.3) is 0 Å². The molecular weight excluding hydrogens is 286 g/mol. The normalized spacial score (nSPS) is 18.1. The van der Waals surface area contributed by atoms with Crippen LogP contribution in [0, 0.1) is 0 Å². The minimum absolute atomic E-state index is 0.0374. The van der Waals surface area contributed by atoms with E-state index in [0.29, 0.717) is 10.7 Å². The number of thioether (sulfide) groups is 1. The first-order valence-corrected chi connectivity index (χ1v) is 7.32. The Morgan fingerprint density at radius 3 is 2.74 bits per heavy atom. The number of nitrogens with one attached hydrogen (secondary N) is 3. The summed E-state index contributed by atoms with van der Waals surface area (Å²) in [6, 6.07) is 6.59. The molecule has 0 aliphatic carbocycles. The van der Waals surface area contributed by atoms with Gasteiger partial charge in [-0.2, -0.15) is 0 Å². The highest BCUT2D eigenvalue weighted by atomic mass is 35.5. The van der Waals surface area contributed by atoms with E-state index in [4.69, 9.17) is 11.6 Å². The summed E-state index contributed by atoms with van der Waals surface area (Å²) in [6.45, 7) is -0.0374. The minimum atomic E-state index is -0.263. The molecular formula is C12H14ClN3O2S. The molecule has 1 atom stereocenters. The van der Waals surface area contributed by atoms with E-state index in [1.165, 1.54) is 0 Å². The van der Waals surface area contributed by atoms with Crippen LogP contribution in [0.3, 0.4) is 0 Å². The molecule has 1 saturated heterocycles. The Bertz CT molecular complexity index is 461. The monoisotopic (exact) mass is 299 g/mol. The third-order valence-electron chi connectivity index (χ3n) is 2.58. The van der Waals surface area contributed by atoms with E-state index in [-0.39, 0.29) is 24.4 Å². The number of amides is 2. The number of carbonyl (C=O) groups is 2. The van der Waals surface area contributed by atoms with E-state index in [0.717, 1.165) is 11.6 Å². The lowest BCUT2D eigenvalue weighted by molar-refractivity contribution is -0.125. The van der Waals surface area contributed by atoms with Gasteiger partial charge in [0.05, 0.1) is 12.6 Å². The van der Waals surface area contributed by atoms with Gasteiger partial charge in [-0.25, -0.2) is 0 Å². The van der Waals surface area contributed by atoms with Gasteiger partial charge in [0, 0.05) is 22.3 Å². The maximum Gasteiger partial charge on any atom is 0.243 e. The Hall–Kier alpha value is -1.24. The van der Waals surface area contributed by atoms with Gasteiger partial charge in [-0.1, -0.05) is 11.6 Å².